The zero-order chi connectivity index (χ0) is 13.6. The van der Waals surface area contributed by atoms with Crippen LogP contribution in [-0.4, -0.2) is 35.9 Å². The first kappa shape index (κ1) is 12.4. The van der Waals surface area contributed by atoms with Crippen molar-refractivity contribution in [3.63, 3.8) is 0 Å². The fourth-order valence-corrected chi connectivity index (χ4v) is 4.24. The average molecular weight is 271 g/mol. The standard InChI is InChI=1S/C17H21NO2/c19-12-13-4-5-16-14(9-13)10-17(20-16)6-8-18-7-2-1-3-15(18)11-17/h4-5,9,12,15H,1-3,6-8,10-11H2. The Bertz CT molecular complexity index is 542. The van der Waals surface area contributed by atoms with E-state index < -0.39 is 0 Å². The minimum atomic E-state index is 0.00233. The molecule has 2 saturated heterocycles. The van der Waals surface area contributed by atoms with Gasteiger partial charge < -0.3 is 9.64 Å². The second kappa shape index (κ2) is 4.59. The molecule has 0 amide bonds. The lowest BCUT2D eigenvalue weighted by Crippen LogP contribution is -2.54. The largest absolute Gasteiger partial charge is 0.487 e. The summed E-state index contributed by atoms with van der Waals surface area (Å²) in [5.74, 6) is 1.000. The summed E-state index contributed by atoms with van der Waals surface area (Å²) in [5, 5.41) is 0. The predicted molar refractivity (Wildman–Crippen MR) is 77.3 cm³/mol. The molecule has 3 heterocycles. The van der Waals surface area contributed by atoms with E-state index in [1.165, 1.54) is 37.9 Å². The molecule has 2 fully saturated rings. The smallest absolute Gasteiger partial charge is 0.150 e. The summed E-state index contributed by atoms with van der Waals surface area (Å²) in [7, 11) is 0. The number of hydrogen-bond donors (Lipinski definition) is 0. The minimum Gasteiger partial charge on any atom is -0.487 e. The molecule has 0 N–H and O–H groups in total. The fraction of sp³-hybridized carbons (Fsp3) is 0.588. The van der Waals surface area contributed by atoms with Crippen LogP contribution in [0.3, 0.4) is 0 Å². The number of carbonyl (C=O) groups excluding carboxylic acids is 1. The number of carbonyl (C=O) groups is 1. The van der Waals surface area contributed by atoms with Crippen molar-refractivity contribution in [2.45, 2.75) is 50.2 Å². The van der Waals surface area contributed by atoms with Crippen molar-refractivity contribution in [3.8, 4) is 5.75 Å². The highest BCUT2D eigenvalue weighted by molar-refractivity contribution is 5.75. The van der Waals surface area contributed by atoms with Crippen LogP contribution < -0.4 is 4.74 Å². The monoisotopic (exact) mass is 271 g/mol. The third kappa shape index (κ3) is 1.96. The van der Waals surface area contributed by atoms with Crippen LogP contribution in [0.15, 0.2) is 18.2 Å². The molecule has 0 aromatic heterocycles. The Balaban J connectivity index is 1.57. The second-order valence-electron chi connectivity index (χ2n) is 6.59. The van der Waals surface area contributed by atoms with E-state index in [0.717, 1.165) is 36.9 Å². The van der Waals surface area contributed by atoms with E-state index in [1.54, 1.807) is 0 Å². The van der Waals surface area contributed by atoms with E-state index in [4.69, 9.17) is 4.74 Å². The van der Waals surface area contributed by atoms with Gasteiger partial charge in [0.15, 0.2) is 0 Å². The molecule has 2 unspecified atom stereocenters. The lowest BCUT2D eigenvalue weighted by atomic mass is 9.80. The highest BCUT2D eigenvalue weighted by Gasteiger charge is 2.45. The van der Waals surface area contributed by atoms with Crippen LogP contribution in [0.5, 0.6) is 5.75 Å². The summed E-state index contributed by atoms with van der Waals surface area (Å²) < 4.78 is 6.34. The molecule has 20 heavy (non-hydrogen) atoms. The highest BCUT2D eigenvalue weighted by atomic mass is 16.5. The van der Waals surface area contributed by atoms with Crippen molar-refractivity contribution in [2.75, 3.05) is 13.1 Å². The van der Waals surface area contributed by atoms with Crippen molar-refractivity contribution >= 4 is 6.29 Å². The van der Waals surface area contributed by atoms with Gasteiger partial charge in [-0.3, -0.25) is 4.79 Å². The van der Waals surface area contributed by atoms with Crippen molar-refractivity contribution in [2.24, 2.45) is 0 Å². The van der Waals surface area contributed by atoms with Crippen molar-refractivity contribution < 1.29 is 9.53 Å². The van der Waals surface area contributed by atoms with Gasteiger partial charge in [-0.05, 0) is 43.1 Å². The van der Waals surface area contributed by atoms with Crippen LogP contribution >= 0.6 is 0 Å². The lowest BCUT2D eigenvalue weighted by Gasteiger charge is -2.46. The predicted octanol–water partition coefficient (Wildman–Crippen LogP) is 2.82. The quantitative estimate of drug-likeness (QED) is 0.736. The van der Waals surface area contributed by atoms with Crippen LogP contribution in [0, 0.1) is 0 Å². The first-order valence-corrected chi connectivity index (χ1v) is 7.79. The van der Waals surface area contributed by atoms with Gasteiger partial charge in [-0.1, -0.05) is 6.42 Å². The maximum Gasteiger partial charge on any atom is 0.150 e. The zero-order valence-electron chi connectivity index (χ0n) is 11.8. The molecular formula is C17H21NO2. The minimum absolute atomic E-state index is 0.00233. The Morgan fingerprint density at radius 3 is 3.15 bits per heavy atom. The van der Waals surface area contributed by atoms with Crippen LogP contribution in [0.2, 0.25) is 0 Å². The summed E-state index contributed by atoms with van der Waals surface area (Å²) in [5.41, 5.74) is 1.99. The fourth-order valence-electron chi connectivity index (χ4n) is 4.24. The van der Waals surface area contributed by atoms with E-state index in [1.807, 2.05) is 18.2 Å². The molecule has 3 aliphatic rings. The van der Waals surface area contributed by atoms with Gasteiger partial charge in [-0.2, -0.15) is 0 Å². The Hall–Kier alpha value is -1.35. The SMILES string of the molecule is O=Cc1ccc2c(c1)CC1(CCN3CCCCC3C1)O2. The number of benzene rings is 1. The molecule has 1 aromatic rings. The summed E-state index contributed by atoms with van der Waals surface area (Å²) >= 11 is 0. The number of piperidine rings is 2. The highest BCUT2D eigenvalue weighted by Crippen LogP contribution is 2.44. The molecule has 0 bridgehead atoms. The Kier molecular flexibility index (Phi) is 2.84. The number of nitrogens with zero attached hydrogens (tertiary/aromatic N) is 1. The van der Waals surface area contributed by atoms with Crippen LogP contribution in [0.25, 0.3) is 0 Å². The third-order valence-corrected chi connectivity index (χ3v) is 5.27. The lowest BCUT2D eigenvalue weighted by molar-refractivity contribution is -0.0249. The van der Waals surface area contributed by atoms with E-state index >= 15 is 0 Å². The molecule has 3 heteroatoms. The van der Waals surface area contributed by atoms with Crippen LogP contribution in [0.1, 0.15) is 48.0 Å². The summed E-state index contributed by atoms with van der Waals surface area (Å²) in [4.78, 5) is 13.6. The molecule has 0 aliphatic carbocycles. The Morgan fingerprint density at radius 2 is 2.25 bits per heavy atom. The van der Waals surface area contributed by atoms with Gasteiger partial charge in [-0.15, -0.1) is 0 Å². The third-order valence-electron chi connectivity index (χ3n) is 5.27. The maximum absolute atomic E-state index is 10.9. The Morgan fingerprint density at radius 1 is 1.30 bits per heavy atom. The van der Waals surface area contributed by atoms with Crippen molar-refractivity contribution in [1.82, 2.24) is 4.90 Å². The molecule has 4 rings (SSSR count). The molecular weight excluding hydrogens is 250 g/mol. The van der Waals surface area contributed by atoms with Gasteiger partial charge in [0.1, 0.15) is 17.6 Å². The van der Waals surface area contributed by atoms with Gasteiger partial charge in [0.25, 0.3) is 0 Å². The maximum atomic E-state index is 10.9. The number of hydrogen-bond acceptors (Lipinski definition) is 3. The van der Waals surface area contributed by atoms with Gasteiger partial charge in [0.2, 0.25) is 0 Å². The normalized spacial score (nSPS) is 32.5. The topological polar surface area (TPSA) is 29.5 Å². The summed E-state index contributed by atoms with van der Waals surface area (Å²) in [6.07, 6.45) is 8.21. The number of rotatable bonds is 1. The second-order valence-corrected chi connectivity index (χ2v) is 6.59. The first-order chi connectivity index (χ1) is 9.78. The molecule has 0 saturated carbocycles. The van der Waals surface area contributed by atoms with Crippen LogP contribution in [-0.2, 0) is 6.42 Å². The zero-order valence-corrected chi connectivity index (χ0v) is 11.8. The van der Waals surface area contributed by atoms with Gasteiger partial charge in [-0.25, -0.2) is 0 Å². The average Bonchev–Trinajstić information content (AvgIpc) is 2.83. The molecule has 2 atom stereocenters. The molecule has 1 spiro atoms. The van der Waals surface area contributed by atoms with Crippen molar-refractivity contribution in [3.05, 3.63) is 29.3 Å². The van der Waals surface area contributed by atoms with E-state index in [2.05, 4.69) is 4.90 Å². The van der Waals surface area contributed by atoms with Crippen LogP contribution in [0.4, 0.5) is 0 Å². The van der Waals surface area contributed by atoms with E-state index in [-0.39, 0.29) is 5.60 Å². The van der Waals surface area contributed by atoms with Gasteiger partial charge >= 0.3 is 0 Å². The molecule has 1 aromatic carbocycles. The summed E-state index contributed by atoms with van der Waals surface area (Å²) in [6, 6.07) is 6.55. The number of aldehydes is 1. The molecule has 0 radical (unpaired) electrons. The van der Waals surface area contributed by atoms with E-state index in [9.17, 15) is 4.79 Å². The molecule has 3 nitrogen and oxygen atoms in total. The number of fused-ring (bicyclic) bond motifs is 2. The number of ether oxygens (including phenoxy) is 1. The van der Waals surface area contributed by atoms with Gasteiger partial charge in [0.05, 0.1) is 0 Å². The molecule has 3 aliphatic heterocycles. The molecule has 106 valence electrons. The van der Waals surface area contributed by atoms with E-state index in [0.29, 0.717) is 6.04 Å². The Labute approximate surface area is 119 Å². The van der Waals surface area contributed by atoms with Crippen molar-refractivity contribution in [1.29, 1.82) is 0 Å². The summed E-state index contributed by atoms with van der Waals surface area (Å²) in [6.45, 7) is 2.43. The first-order valence-electron chi connectivity index (χ1n) is 7.79. The van der Waals surface area contributed by atoms with Gasteiger partial charge in [0, 0.05) is 37.4 Å².